The van der Waals surface area contributed by atoms with Gasteiger partial charge in [-0.05, 0) is 36.0 Å². The molecule has 62 valence electrons. The Labute approximate surface area is 69.7 Å². The number of rotatable bonds is 0. The zero-order valence-corrected chi connectivity index (χ0v) is 7.91. The Morgan fingerprint density at radius 1 is 1.36 bits per heavy atom. The van der Waals surface area contributed by atoms with E-state index in [-0.39, 0.29) is 0 Å². The van der Waals surface area contributed by atoms with Crippen molar-refractivity contribution in [3.63, 3.8) is 0 Å². The van der Waals surface area contributed by atoms with Crippen LogP contribution >= 0.6 is 0 Å². The second-order valence-corrected chi connectivity index (χ2v) is 5.20. The van der Waals surface area contributed by atoms with E-state index < -0.39 is 0 Å². The molecule has 0 radical (unpaired) electrons. The zero-order chi connectivity index (χ0) is 8.28. The third-order valence-electron chi connectivity index (χ3n) is 4.27. The van der Waals surface area contributed by atoms with E-state index in [2.05, 4.69) is 27.4 Å². The summed E-state index contributed by atoms with van der Waals surface area (Å²) in [5.74, 6) is 0.931. The third kappa shape index (κ3) is 0.706. The normalized spacial score (nSPS) is 46.8. The van der Waals surface area contributed by atoms with Gasteiger partial charge >= 0.3 is 0 Å². The minimum Gasteiger partial charge on any atom is -0.0988 e. The number of fused-ring (bicyclic) bond motifs is 2. The summed E-state index contributed by atoms with van der Waals surface area (Å²) in [6, 6.07) is 0. The summed E-state index contributed by atoms with van der Waals surface area (Å²) in [5, 5.41) is 0. The Morgan fingerprint density at radius 2 is 2.00 bits per heavy atom. The van der Waals surface area contributed by atoms with Gasteiger partial charge in [0.05, 0.1) is 0 Å². The van der Waals surface area contributed by atoms with Gasteiger partial charge in [0, 0.05) is 0 Å². The van der Waals surface area contributed by atoms with Crippen LogP contribution in [0.3, 0.4) is 0 Å². The van der Waals surface area contributed by atoms with Gasteiger partial charge in [0.15, 0.2) is 0 Å². The van der Waals surface area contributed by atoms with Gasteiger partial charge in [0.25, 0.3) is 0 Å². The molecule has 0 aromatic heterocycles. The van der Waals surface area contributed by atoms with E-state index in [4.69, 9.17) is 0 Å². The smallest absolute Gasteiger partial charge is 0.0111 e. The number of hydrogen-bond donors (Lipinski definition) is 0. The summed E-state index contributed by atoms with van der Waals surface area (Å²) in [6.07, 6.45) is 4.22. The molecule has 0 aromatic carbocycles. The number of allylic oxidation sites excluding steroid dienone is 1. The molecular formula is C11H18. The molecule has 2 aliphatic rings. The van der Waals surface area contributed by atoms with Crippen molar-refractivity contribution in [1.82, 2.24) is 0 Å². The first-order valence-electron chi connectivity index (χ1n) is 4.67. The first-order valence-corrected chi connectivity index (χ1v) is 4.67. The summed E-state index contributed by atoms with van der Waals surface area (Å²) < 4.78 is 0. The van der Waals surface area contributed by atoms with E-state index in [9.17, 15) is 0 Å². The first kappa shape index (κ1) is 7.39. The second kappa shape index (κ2) is 1.73. The van der Waals surface area contributed by atoms with E-state index >= 15 is 0 Å². The van der Waals surface area contributed by atoms with E-state index in [0.717, 1.165) is 5.92 Å². The number of hydrogen-bond acceptors (Lipinski definition) is 0. The Balaban J connectivity index is 2.42. The van der Waals surface area contributed by atoms with Crippen LogP contribution in [0.1, 0.15) is 40.0 Å². The van der Waals surface area contributed by atoms with Crippen molar-refractivity contribution < 1.29 is 0 Å². The Kier molecular flexibility index (Phi) is 1.16. The van der Waals surface area contributed by atoms with Gasteiger partial charge in [0.2, 0.25) is 0 Å². The average Bonchev–Trinajstić information content (AvgIpc) is 2.36. The predicted octanol–water partition coefficient (Wildman–Crippen LogP) is 3.39. The molecule has 2 rings (SSSR count). The summed E-state index contributed by atoms with van der Waals surface area (Å²) in [4.78, 5) is 0. The van der Waals surface area contributed by atoms with Crippen LogP contribution in [0.25, 0.3) is 0 Å². The lowest BCUT2D eigenvalue weighted by atomic mass is 9.69. The lowest BCUT2D eigenvalue weighted by molar-refractivity contribution is 0.275. The van der Waals surface area contributed by atoms with Crippen LogP contribution in [0.5, 0.6) is 0 Å². The third-order valence-corrected chi connectivity index (χ3v) is 4.27. The van der Waals surface area contributed by atoms with Crippen molar-refractivity contribution in [2.75, 3.05) is 0 Å². The maximum atomic E-state index is 4.26. The highest BCUT2D eigenvalue weighted by atomic mass is 14.6. The Morgan fingerprint density at radius 3 is 2.27 bits per heavy atom. The molecule has 0 aromatic rings. The molecule has 11 heavy (non-hydrogen) atoms. The maximum Gasteiger partial charge on any atom is -0.0111 e. The van der Waals surface area contributed by atoms with Crippen molar-refractivity contribution >= 4 is 0 Å². The fourth-order valence-corrected chi connectivity index (χ4v) is 3.16. The quantitative estimate of drug-likeness (QED) is 0.464. The van der Waals surface area contributed by atoms with E-state index in [1.165, 1.54) is 24.8 Å². The molecule has 0 saturated heterocycles. The second-order valence-electron chi connectivity index (χ2n) is 5.20. The SMILES string of the molecule is C=C1C(C)(C)[C@H]2CC[C@@]1(C)C2. The van der Waals surface area contributed by atoms with Crippen LogP contribution in [0.4, 0.5) is 0 Å². The first-order chi connectivity index (χ1) is 4.97. The maximum absolute atomic E-state index is 4.26. The van der Waals surface area contributed by atoms with Gasteiger partial charge in [-0.3, -0.25) is 0 Å². The molecule has 2 atom stereocenters. The molecule has 2 saturated carbocycles. The standard InChI is InChI=1S/C11H18/c1-8-10(2,3)9-5-6-11(8,4)7-9/h9H,1,5-7H2,2-4H3/t9-,11-/m0/s1. The van der Waals surface area contributed by atoms with E-state index in [1.54, 1.807) is 0 Å². The molecule has 0 aliphatic heterocycles. The van der Waals surface area contributed by atoms with Gasteiger partial charge < -0.3 is 0 Å². The van der Waals surface area contributed by atoms with Crippen LogP contribution in [0.2, 0.25) is 0 Å². The van der Waals surface area contributed by atoms with Crippen LogP contribution in [0, 0.1) is 16.7 Å². The lowest BCUT2D eigenvalue weighted by Crippen LogP contribution is -2.25. The van der Waals surface area contributed by atoms with Crippen molar-refractivity contribution in [3.05, 3.63) is 12.2 Å². The van der Waals surface area contributed by atoms with E-state index in [0.29, 0.717) is 10.8 Å². The monoisotopic (exact) mass is 150 g/mol. The molecule has 0 unspecified atom stereocenters. The molecule has 2 bridgehead atoms. The van der Waals surface area contributed by atoms with Crippen molar-refractivity contribution in [2.45, 2.75) is 40.0 Å². The molecule has 0 amide bonds. The van der Waals surface area contributed by atoms with Crippen molar-refractivity contribution in [1.29, 1.82) is 0 Å². The molecule has 0 heterocycles. The van der Waals surface area contributed by atoms with Crippen LogP contribution in [-0.2, 0) is 0 Å². The highest BCUT2D eigenvalue weighted by Gasteiger charge is 2.54. The fraction of sp³-hybridized carbons (Fsp3) is 0.818. The molecule has 0 heteroatoms. The highest BCUT2D eigenvalue weighted by Crippen LogP contribution is 2.64. The minimum absolute atomic E-state index is 0.438. The largest absolute Gasteiger partial charge is 0.0988 e. The average molecular weight is 150 g/mol. The summed E-state index contributed by atoms with van der Waals surface area (Å²) in [6.45, 7) is 11.4. The van der Waals surface area contributed by atoms with E-state index in [1.807, 2.05) is 0 Å². The van der Waals surface area contributed by atoms with Crippen LogP contribution < -0.4 is 0 Å². The van der Waals surface area contributed by atoms with Gasteiger partial charge in [-0.25, -0.2) is 0 Å². The van der Waals surface area contributed by atoms with Crippen molar-refractivity contribution in [2.24, 2.45) is 16.7 Å². The highest BCUT2D eigenvalue weighted by molar-refractivity contribution is 5.28. The predicted molar refractivity (Wildman–Crippen MR) is 48.4 cm³/mol. The summed E-state index contributed by atoms with van der Waals surface area (Å²) >= 11 is 0. The molecule has 0 spiro atoms. The van der Waals surface area contributed by atoms with Crippen LogP contribution in [-0.4, -0.2) is 0 Å². The molecule has 2 fully saturated rings. The summed E-state index contributed by atoms with van der Waals surface area (Å²) in [7, 11) is 0. The zero-order valence-electron chi connectivity index (χ0n) is 7.91. The fourth-order valence-electron chi connectivity index (χ4n) is 3.16. The molecule has 0 nitrogen and oxygen atoms in total. The Hall–Kier alpha value is -0.260. The topological polar surface area (TPSA) is 0 Å². The minimum atomic E-state index is 0.438. The summed E-state index contributed by atoms with van der Waals surface area (Å²) in [5.41, 5.74) is 2.46. The lowest BCUT2D eigenvalue weighted by Gasteiger charge is -2.36. The van der Waals surface area contributed by atoms with Gasteiger partial charge in [-0.15, -0.1) is 0 Å². The van der Waals surface area contributed by atoms with Gasteiger partial charge in [-0.2, -0.15) is 0 Å². The van der Waals surface area contributed by atoms with Gasteiger partial charge in [0.1, 0.15) is 0 Å². The molecule has 2 aliphatic carbocycles. The van der Waals surface area contributed by atoms with Crippen molar-refractivity contribution in [3.8, 4) is 0 Å². The van der Waals surface area contributed by atoms with Gasteiger partial charge in [-0.1, -0.05) is 32.9 Å². The Bertz CT molecular complexity index is 205. The van der Waals surface area contributed by atoms with Crippen LogP contribution in [0.15, 0.2) is 12.2 Å². The molecular weight excluding hydrogens is 132 g/mol. The molecule has 0 N–H and O–H groups in total.